The Balaban J connectivity index is 1.44. The Morgan fingerprint density at radius 3 is 2.69 bits per heavy atom. The summed E-state index contributed by atoms with van der Waals surface area (Å²) in [6, 6.07) is 8.77. The lowest BCUT2D eigenvalue weighted by molar-refractivity contribution is 0.155. The van der Waals surface area contributed by atoms with Gasteiger partial charge in [0.25, 0.3) is 0 Å². The van der Waals surface area contributed by atoms with Crippen molar-refractivity contribution in [2.45, 2.75) is 51.1 Å². The van der Waals surface area contributed by atoms with E-state index in [2.05, 4.69) is 47.4 Å². The molecular weight excluding hydrogens is 483 g/mol. The molecule has 1 aliphatic carbocycles. The molecule has 4 rings (SSSR count). The maximum atomic E-state index is 13.6. The van der Waals surface area contributed by atoms with Crippen molar-refractivity contribution < 1.29 is 9.18 Å². The standard InChI is InChI=1S/C27H36ClFN4OS/c1-31(2)19-23-11-13-26(35-23)20-6-9-22(10-7-20)33(17-16-32-14-4-3-5-15-32)27(34)30-21-8-12-25(29)24(28)18-21/h6,8,11-13,18,22H,3-5,7,9-10,14-17,19H2,1-2H3,(H,30,34). The van der Waals surface area contributed by atoms with Crippen LogP contribution in [0, 0.1) is 5.82 Å². The molecule has 35 heavy (non-hydrogen) atoms. The molecule has 1 atom stereocenters. The first kappa shape index (κ1) is 26.1. The van der Waals surface area contributed by atoms with Crippen LogP contribution in [-0.4, -0.2) is 67.0 Å². The molecule has 0 radical (unpaired) electrons. The van der Waals surface area contributed by atoms with Crippen molar-refractivity contribution in [2.24, 2.45) is 0 Å². The summed E-state index contributed by atoms with van der Waals surface area (Å²) in [6.45, 7) is 4.72. The van der Waals surface area contributed by atoms with Gasteiger partial charge in [-0.3, -0.25) is 0 Å². The van der Waals surface area contributed by atoms with E-state index in [1.165, 1.54) is 46.7 Å². The van der Waals surface area contributed by atoms with E-state index in [0.29, 0.717) is 12.2 Å². The largest absolute Gasteiger partial charge is 0.322 e. The van der Waals surface area contributed by atoms with Gasteiger partial charge in [0.1, 0.15) is 5.82 Å². The Morgan fingerprint density at radius 1 is 1.20 bits per heavy atom. The van der Waals surface area contributed by atoms with E-state index >= 15 is 0 Å². The van der Waals surface area contributed by atoms with Crippen molar-refractivity contribution in [2.75, 3.05) is 45.6 Å². The van der Waals surface area contributed by atoms with Gasteiger partial charge in [-0.15, -0.1) is 11.3 Å². The normalized spacial score (nSPS) is 19.0. The van der Waals surface area contributed by atoms with Crippen LogP contribution in [-0.2, 0) is 6.54 Å². The summed E-state index contributed by atoms with van der Waals surface area (Å²) in [5, 5.41) is 2.97. The second-order valence-electron chi connectivity index (χ2n) is 9.82. The highest BCUT2D eigenvalue weighted by molar-refractivity contribution is 7.13. The number of piperidine rings is 1. The third-order valence-corrected chi connectivity index (χ3v) is 8.25. The van der Waals surface area contributed by atoms with Crippen LogP contribution in [0.4, 0.5) is 14.9 Å². The van der Waals surface area contributed by atoms with Crippen molar-refractivity contribution in [1.82, 2.24) is 14.7 Å². The molecule has 1 N–H and O–H groups in total. The average Bonchev–Trinajstić information content (AvgIpc) is 3.30. The highest BCUT2D eigenvalue weighted by Gasteiger charge is 2.27. The van der Waals surface area contributed by atoms with Crippen LogP contribution in [0.25, 0.3) is 5.57 Å². The van der Waals surface area contributed by atoms with Crippen LogP contribution in [0.15, 0.2) is 36.4 Å². The van der Waals surface area contributed by atoms with Gasteiger partial charge in [-0.2, -0.15) is 0 Å². The molecule has 8 heteroatoms. The quantitative estimate of drug-likeness (QED) is 0.430. The molecule has 2 heterocycles. The van der Waals surface area contributed by atoms with Crippen LogP contribution in [0.1, 0.15) is 48.3 Å². The summed E-state index contributed by atoms with van der Waals surface area (Å²) in [7, 11) is 4.18. The molecule has 1 saturated heterocycles. The maximum absolute atomic E-state index is 13.6. The summed E-state index contributed by atoms with van der Waals surface area (Å²) in [5.74, 6) is -0.487. The number of likely N-dealkylation sites (tertiary alicyclic amines) is 1. The Hall–Kier alpha value is -1.93. The summed E-state index contributed by atoms with van der Waals surface area (Å²) in [5.41, 5.74) is 1.90. The van der Waals surface area contributed by atoms with E-state index in [9.17, 15) is 9.18 Å². The fourth-order valence-electron chi connectivity index (χ4n) is 4.93. The lowest BCUT2D eigenvalue weighted by atomic mass is 9.93. The number of rotatable bonds is 8. The van der Waals surface area contributed by atoms with Gasteiger partial charge >= 0.3 is 6.03 Å². The van der Waals surface area contributed by atoms with Crippen molar-refractivity contribution in [3.05, 3.63) is 57.0 Å². The number of carbonyl (C=O) groups excluding carboxylic acids is 1. The van der Waals surface area contributed by atoms with E-state index in [1.54, 1.807) is 6.07 Å². The van der Waals surface area contributed by atoms with Gasteiger partial charge < -0.3 is 20.0 Å². The number of amides is 2. The Kier molecular flexibility index (Phi) is 9.22. The average molecular weight is 519 g/mol. The van der Waals surface area contributed by atoms with E-state index in [-0.39, 0.29) is 17.1 Å². The number of anilines is 1. The van der Waals surface area contributed by atoms with Crippen LogP contribution >= 0.6 is 22.9 Å². The highest BCUT2D eigenvalue weighted by atomic mass is 35.5. The minimum absolute atomic E-state index is 0.0116. The van der Waals surface area contributed by atoms with Gasteiger partial charge in [0.2, 0.25) is 0 Å². The van der Waals surface area contributed by atoms with Crippen molar-refractivity contribution >= 4 is 40.2 Å². The predicted molar refractivity (Wildman–Crippen MR) is 145 cm³/mol. The van der Waals surface area contributed by atoms with Crippen LogP contribution < -0.4 is 5.32 Å². The van der Waals surface area contributed by atoms with Crippen LogP contribution in [0.3, 0.4) is 0 Å². The third kappa shape index (κ3) is 7.29. The van der Waals surface area contributed by atoms with Crippen molar-refractivity contribution in [3.63, 3.8) is 0 Å². The topological polar surface area (TPSA) is 38.8 Å². The van der Waals surface area contributed by atoms with Crippen molar-refractivity contribution in [1.29, 1.82) is 0 Å². The number of carbonyl (C=O) groups is 1. The second kappa shape index (κ2) is 12.3. The van der Waals surface area contributed by atoms with Gasteiger partial charge in [0.15, 0.2) is 0 Å². The van der Waals surface area contributed by atoms with E-state index in [0.717, 1.165) is 45.4 Å². The maximum Gasteiger partial charge on any atom is 0.322 e. The molecule has 2 aliphatic rings. The van der Waals surface area contributed by atoms with Gasteiger partial charge in [-0.25, -0.2) is 9.18 Å². The highest BCUT2D eigenvalue weighted by Crippen LogP contribution is 2.34. The zero-order valence-electron chi connectivity index (χ0n) is 20.7. The zero-order chi connectivity index (χ0) is 24.8. The predicted octanol–water partition coefficient (Wildman–Crippen LogP) is 6.56. The number of nitrogens with one attached hydrogen (secondary N) is 1. The van der Waals surface area contributed by atoms with Crippen LogP contribution in [0.5, 0.6) is 0 Å². The molecular formula is C27H36ClFN4OS. The minimum atomic E-state index is -0.487. The van der Waals surface area contributed by atoms with Gasteiger partial charge in [-0.05, 0) is 95.2 Å². The number of benzene rings is 1. The molecule has 190 valence electrons. The van der Waals surface area contributed by atoms with E-state index in [4.69, 9.17) is 11.6 Å². The minimum Gasteiger partial charge on any atom is -0.320 e. The first-order chi connectivity index (χ1) is 16.9. The van der Waals surface area contributed by atoms with Crippen LogP contribution in [0.2, 0.25) is 5.02 Å². The first-order valence-electron chi connectivity index (χ1n) is 12.6. The molecule has 1 aliphatic heterocycles. The SMILES string of the molecule is CN(C)Cc1ccc(C2=CCC(N(CCN3CCCCC3)C(=O)Nc3ccc(F)c(Cl)c3)CC2)s1. The molecule has 1 aromatic heterocycles. The zero-order valence-corrected chi connectivity index (χ0v) is 22.3. The molecule has 0 saturated carbocycles. The smallest absolute Gasteiger partial charge is 0.320 e. The number of urea groups is 1. The van der Waals surface area contributed by atoms with Crippen molar-refractivity contribution in [3.8, 4) is 0 Å². The number of nitrogens with zero attached hydrogens (tertiary/aromatic N) is 3. The molecule has 2 amide bonds. The summed E-state index contributed by atoms with van der Waals surface area (Å²) < 4.78 is 13.6. The first-order valence-corrected chi connectivity index (χ1v) is 13.8. The molecule has 5 nitrogen and oxygen atoms in total. The summed E-state index contributed by atoms with van der Waals surface area (Å²) in [4.78, 5) is 22.7. The lowest BCUT2D eigenvalue weighted by Crippen LogP contribution is -2.47. The fourth-order valence-corrected chi connectivity index (χ4v) is 6.30. The molecule has 1 unspecified atom stereocenters. The Bertz CT molecular complexity index is 1030. The van der Waals surface area contributed by atoms with Gasteiger partial charge in [0, 0.05) is 41.1 Å². The van der Waals surface area contributed by atoms with Gasteiger partial charge in [0.05, 0.1) is 5.02 Å². The third-order valence-electron chi connectivity index (χ3n) is 6.81. The second-order valence-corrected chi connectivity index (χ2v) is 11.4. The number of halogens is 2. The molecule has 1 fully saturated rings. The molecule has 1 aromatic carbocycles. The van der Waals surface area contributed by atoms with E-state index in [1.807, 2.05) is 16.2 Å². The number of thiophene rings is 1. The fraction of sp³-hybridized carbons (Fsp3) is 0.519. The number of hydrogen-bond donors (Lipinski definition) is 1. The Morgan fingerprint density at radius 2 is 2.00 bits per heavy atom. The summed E-state index contributed by atoms with van der Waals surface area (Å²) in [6.07, 6.45) is 8.80. The molecule has 0 bridgehead atoms. The number of hydrogen-bond acceptors (Lipinski definition) is 4. The monoisotopic (exact) mass is 518 g/mol. The Labute approximate surface area is 217 Å². The molecule has 2 aromatic rings. The number of allylic oxidation sites excluding steroid dienone is 1. The summed E-state index contributed by atoms with van der Waals surface area (Å²) >= 11 is 7.80. The van der Waals surface area contributed by atoms with E-state index < -0.39 is 5.82 Å². The molecule has 0 spiro atoms. The van der Waals surface area contributed by atoms with Gasteiger partial charge in [-0.1, -0.05) is 24.1 Å². The lowest BCUT2D eigenvalue weighted by Gasteiger charge is -2.36.